The number of likely N-dealkylation sites (tertiary alicyclic amines) is 1. The van der Waals surface area contributed by atoms with Crippen LogP contribution >= 0.6 is 0 Å². The van der Waals surface area contributed by atoms with Gasteiger partial charge < -0.3 is 14.7 Å². The summed E-state index contributed by atoms with van der Waals surface area (Å²) in [5.74, 6) is -0.111. The molecule has 2 aromatic rings. The Morgan fingerprint density at radius 2 is 1.96 bits per heavy atom. The summed E-state index contributed by atoms with van der Waals surface area (Å²) in [7, 11) is 1.61. The first-order valence-corrected chi connectivity index (χ1v) is 9.24. The molecule has 1 aromatic heterocycles. The first-order valence-electron chi connectivity index (χ1n) is 9.24. The number of hydrogen-bond donors (Lipinski definition) is 1. The maximum absolute atomic E-state index is 13.1. The van der Waals surface area contributed by atoms with E-state index in [4.69, 9.17) is 4.74 Å². The third kappa shape index (κ3) is 2.97. The minimum Gasteiger partial charge on any atom is -0.497 e. The predicted octanol–water partition coefficient (Wildman–Crippen LogP) is 2.51. The van der Waals surface area contributed by atoms with Crippen molar-refractivity contribution in [2.24, 2.45) is 11.8 Å². The van der Waals surface area contributed by atoms with Gasteiger partial charge in [-0.15, -0.1) is 0 Å². The van der Waals surface area contributed by atoms with Crippen LogP contribution in [0.2, 0.25) is 0 Å². The first kappa shape index (κ1) is 17.6. The zero-order valence-electron chi connectivity index (χ0n) is 15.5. The highest BCUT2D eigenvalue weighted by Crippen LogP contribution is 2.42. The highest BCUT2D eigenvalue weighted by molar-refractivity contribution is 5.95. The monoisotopic (exact) mass is 369 g/mol. The highest BCUT2D eigenvalue weighted by Gasteiger charge is 2.50. The second-order valence-corrected chi connectivity index (χ2v) is 7.38. The van der Waals surface area contributed by atoms with E-state index >= 15 is 0 Å². The molecule has 1 amide bonds. The standard InChI is InChI=1S/C20H23N3O4/c1-12-10-17(21-23(12)14-6-8-15(27-2)9-7-14)19(24)22-11-13-4-3-5-16(13)18(22)20(25)26/h6-10,13,16,18H,3-5,11H2,1-2H3,(H,25,26). The molecule has 7 heteroatoms. The van der Waals surface area contributed by atoms with E-state index in [9.17, 15) is 14.7 Å². The van der Waals surface area contributed by atoms with Crippen molar-refractivity contribution in [1.82, 2.24) is 14.7 Å². The van der Waals surface area contributed by atoms with E-state index < -0.39 is 12.0 Å². The fourth-order valence-corrected chi connectivity index (χ4v) is 4.54. The van der Waals surface area contributed by atoms with Crippen molar-refractivity contribution in [2.45, 2.75) is 32.2 Å². The molecule has 2 fully saturated rings. The molecule has 1 aromatic carbocycles. The molecule has 2 heterocycles. The lowest BCUT2D eigenvalue weighted by Gasteiger charge is -2.23. The van der Waals surface area contributed by atoms with E-state index in [-0.39, 0.29) is 17.5 Å². The van der Waals surface area contributed by atoms with Gasteiger partial charge in [0, 0.05) is 12.2 Å². The summed E-state index contributed by atoms with van der Waals surface area (Å²) in [5.41, 5.74) is 1.92. The molecule has 4 rings (SSSR count). The Bertz CT molecular complexity index is 874. The quantitative estimate of drug-likeness (QED) is 0.895. The topological polar surface area (TPSA) is 84.7 Å². The van der Waals surface area contributed by atoms with E-state index in [1.807, 2.05) is 31.2 Å². The number of aryl methyl sites for hydroxylation is 1. The number of carboxylic acids is 1. The highest BCUT2D eigenvalue weighted by atomic mass is 16.5. The normalized spacial score (nSPS) is 24.1. The summed E-state index contributed by atoms with van der Waals surface area (Å²) in [4.78, 5) is 26.4. The van der Waals surface area contributed by atoms with Gasteiger partial charge >= 0.3 is 5.97 Å². The molecule has 7 nitrogen and oxygen atoms in total. The molecule has 0 bridgehead atoms. The Morgan fingerprint density at radius 3 is 2.63 bits per heavy atom. The van der Waals surface area contributed by atoms with Crippen LogP contribution in [0.25, 0.3) is 5.69 Å². The molecule has 1 saturated heterocycles. The van der Waals surface area contributed by atoms with Crippen molar-refractivity contribution in [3.8, 4) is 11.4 Å². The van der Waals surface area contributed by atoms with Gasteiger partial charge in [-0.2, -0.15) is 5.10 Å². The van der Waals surface area contributed by atoms with Crippen LogP contribution in [-0.2, 0) is 4.79 Å². The second-order valence-electron chi connectivity index (χ2n) is 7.38. The second kappa shape index (κ2) is 6.72. The third-order valence-corrected chi connectivity index (χ3v) is 5.83. The van der Waals surface area contributed by atoms with Crippen LogP contribution in [0, 0.1) is 18.8 Å². The number of carbonyl (C=O) groups excluding carboxylic acids is 1. The van der Waals surface area contributed by atoms with E-state index in [1.54, 1.807) is 17.9 Å². The molecule has 0 spiro atoms. The first-order chi connectivity index (χ1) is 13.0. The number of hydrogen-bond acceptors (Lipinski definition) is 4. The fourth-order valence-electron chi connectivity index (χ4n) is 4.54. The number of carbonyl (C=O) groups is 2. The number of ether oxygens (including phenoxy) is 1. The van der Waals surface area contributed by atoms with Crippen LogP contribution in [0.4, 0.5) is 0 Å². The Labute approximate surface area is 157 Å². The SMILES string of the molecule is COc1ccc(-n2nc(C(=O)N3CC4CCCC4C3C(=O)O)cc2C)cc1. The third-order valence-electron chi connectivity index (χ3n) is 5.83. The zero-order chi connectivity index (χ0) is 19.1. The number of nitrogens with zero attached hydrogens (tertiary/aromatic N) is 3. The molecule has 1 N–H and O–H groups in total. The molecule has 3 atom stereocenters. The maximum Gasteiger partial charge on any atom is 0.326 e. The van der Waals surface area contributed by atoms with Crippen LogP contribution in [-0.4, -0.2) is 51.4 Å². The number of aromatic nitrogens is 2. The van der Waals surface area contributed by atoms with Gasteiger partial charge in [0.15, 0.2) is 5.69 Å². The minimum atomic E-state index is -0.913. The number of fused-ring (bicyclic) bond motifs is 1. The average Bonchev–Trinajstić information content (AvgIpc) is 3.34. The summed E-state index contributed by atoms with van der Waals surface area (Å²) in [6, 6.07) is 8.39. The number of benzene rings is 1. The van der Waals surface area contributed by atoms with Gasteiger partial charge in [0.1, 0.15) is 11.8 Å². The molecular formula is C20H23N3O4. The van der Waals surface area contributed by atoms with Gasteiger partial charge in [-0.05, 0) is 61.9 Å². The van der Waals surface area contributed by atoms with E-state index in [1.165, 1.54) is 4.90 Å². The molecule has 27 heavy (non-hydrogen) atoms. The number of rotatable bonds is 4. The Kier molecular flexibility index (Phi) is 4.37. The number of methoxy groups -OCH3 is 1. The summed E-state index contributed by atoms with van der Waals surface area (Å²) >= 11 is 0. The van der Waals surface area contributed by atoms with Gasteiger partial charge in [0.05, 0.1) is 12.8 Å². The van der Waals surface area contributed by atoms with Gasteiger partial charge in [-0.1, -0.05) is 6.42 Å². The van der Waals surface area contributed by atoms with Crippen LogP contribution in [0.5, 0.6) is 5.75 Å². The van der Waals surface area contributed by atoms with Crippen LogP contribution in [0.3, 0.4) is 0 Å². The van der Waals surface area contributed by atoms with Crippen molar-refractivity contribution in [2.75, 3.05) is 13.7 Å². The average molecular weight is 369 g/mol. The van der Waals surface area contributed by atoms with Crippen LogP contribution in [0.1, 0.15) is 35.4 Å². The lowest BCUT2D eigenvalue weighted by atomic mass is 9.94. The lowest BCUT2D eigenvalue weighted by Crippen LogP contribution is -2.43. The summed E-state index contributed by atoms with van der Waals surface area (Å²) < 4.78 is 6.86. The van der Waals surface area contributed by atoms with Gasteiger partial charge in [-0.3, -0.25) is 4.79 Å². The maximum atomic E-state index is 13.1. The van der Waals surface area contributed by atoms with Crippen molar-refractivity contribution >= 4 is 11.9 Å². The zero-order valence-corrected chi connectivity index (χ0v) is 15.5. The van der Waals surface area contributed by atoms with Crippen molar-refractivity contribution < 1.29 is 19.4 Å². The molecule has 142 valence electrons. The van der Waals surface area contributed by atoms with Gasteiger partial charge in [-0.25, -0.2) is 9.48 Å². The molecule has 2 aliphatic rings. The Hall–Kier alpha value is -2.83. The Balaban J connectivity index is 1.61. The summed E-state index contributed by atoms with van der Waals surface area (Å²) in [6.07, 6.45) is 2.93. The van der Waals surface area contributed by atoms with Crippen molar-refractivity contribution in [3.63, 3.8) is 0 Å². The van der Waals surface area contributed by atoms with E-state index in [2.05, 4.69) is 5.10 Å². The van der Waals surface area contributed by atoms with Crippen molar-refractivity contribution in [3.05, 3.63) is 41.7 Å². The lowest BCUT2D eigenvalue weighted by molar-refractivity contribution is -0.142. The van der Waals surface area contributed by atoms with E-state index in [0.29, 0.717) is 12.5 Å². The van der Waals surface area contributed by atoms with Crippen LogP contribution < -0.4 is 4.74 Å². The van der Waals surface area contributed by atoms with Gasteiger partial charge in [0.2, 0.25) is 0 Å². The minimum absolute atomic E-state index is 0.0659. The molecule has 1 saturated carbocycles. The predicted molar refractivity (Wildman–Crippen MR) is 98.1 cm³/mol. The fraction of sp³-hybridized carbons (Fsp3) is 0.450. The number of carboxylic acid groups (broad SMARTS) is 1. The molecule has 3 unspecified atom stereocenters. The molecule has 0 radical (unpaired) electrons. The largest absolute Gasteiger partial charge is 0.497 e. The van der Waals surface area contributed by atoms with Crippen molar-refractivity contribution in [1.29, 1.82) is 0 Å². The number of aliphatic carboxylic acids is 1. The van der Waals surface area contributed by atoms with E-state index in [0.717, 1.165) is 36.4 Å². The summed E-state index contributed by atoms with van der Waals surface area (Å²) in [6.45, 7) is 2.39. The van der Waals surface area contributed by atoms with Gasteiger partial charge in [0.25, 0.3) is 5.91 Å². The smallest absolute Gasteiger partial charge is 0.326 e. The molecule has 1 aliphatic carbocycles. The van der Waals surface area contributed by atoms with Crippen LogP contribution in [0.15, 0.2) is 30.3 Å². The molecular weight excluding hydrogens is 346 g/mol. The number of amides is 1. The summed E-state index contributed by atoms with van der Waals surface area (Å²) in [5, 5.41) is 14.1. The molecule has 1 aliphatic heterocycles. The Morgan fingerprint density at radius 1 is 1.22 bits per heavy atom.